The normalized spacial score (nSPS) is 10.3. The lowest BCUT2D eigenvalue weighted by atomic mass is 10.0. The van der Waals surface area contributed by atoms with Crippen LogP contribution in [0, 0.1) is 10.1 Å². The number of rotatable bonds is 6. The van der Waals surface area contributed by atoms with Crippen LogP contribution in [0.2, 0.25) is 0 Å². The third-order valence-electron chi connectivity index (χ3n) is 4.66. The van der Waals surface area contributed by atoms with Crippen molar-refractivity contribution >= 4 is 17.3 Å². The summed E-state index contributed by atoms with van der Waals surface area (Å²) in [6, 6.07) is 30.4. The Bertz CT molecular complexity index is 1220. The van der Waals surface area contributed by atoms with Gasteiger partial charge in [-0.05, 0) is 42.0 Å². The van der Waals surface area contributed by atoms with Gasteiger partial charge in [-0.1, -0.05) is 60.7 Å². The molecule has 1 amide bonds. The Morgan fingerprint density at radius 3 is 2.16 bits per heavy atom. The predicted octanol–water partition coefficient (Wildman–Crippen LogP) is 6.31. The summed E-state index contributed by atoms with van der Waals surface area (Å²) in [4.78, 5) is 23.0. The van der Waals surface area contributed by atoms with Crippen molar-refractivity contribution in [1.82, 2.24) is 0 Å². The third-order valence-corrected chi connectivity index (χ3v) is 4.66. The van der Waals surface area contributed by atoms with E-state index in [1.165, 1.54) is 18.2 Å². The number of nitro groups is 1. The average molecular weight is 410 g/mol. The predicted molar refractivity (Wildman–Crippen MR) is 119 cm³/mol. The van der Waals surface area contributed by atoms with Crippen LogP contribution < -0.4 is 10.1 Å². The Kier molecular flexibility index (Phi) is 5.71. The first kappa shape index (κ1) is 19.8. The minimum atomic E-state index is -0.573. The number of hydrogen-bond donors (Lipinski definition) is 1. The molecule has 4 rings (SSSR count). The monoisotopic (exact) mass is 410 g/mol. The molecule has 0 aliphatic heterocycles. The molecule has 0 aromatic heterocycles. The van der Waals surface area contributed by atoms with Gasteiger partial charge in [0, 0.05) is 17.3 Å². The number of ether oxygens (including phenoxy) is 1. The summed E-state index contributed by atoms with van der Waals surface area (Å²) >= 11 is 0. The topological polar surface area (TPSA) is 81.5 Å². The van der Waals surface area contributed by atoms with Gasteiger partial charge in [-0.25, -0.2) is 0 Å². The van der Waals surface area contributed by atoms with Crippen molar-refractivity contribution in [3.63, 3.8) is 0 Å². The number of hydrogen-bond acceptors (Lipinski definition) is 4. The zero-order chi connectivity index (χ0) is 21.6. The number of nitro benzene ring substituents is 1. The maximum Gasteiger partial charge on any atom is 0.282 e. The van der Waals surface area contributed by atoms with Crippen molar-refractivity contribution in [2.75, 3.05) is 5.32 Å². The standard InChI is InChI=1S/C25H18N2O4/c28-25(22-11-4-6-12-23(22)27(29)30)26-19-14-16-20(17-15-19)31-24-13-7-5-10-21(24)18-8-2-1-3-9-18/h1-17H,(H,26,28). The summed E-state index contributed by atoms with van der Waals surface area (Å²) in [6.07, 6.45) is 0. The fourth-order valence-electron chi connectivity index (χ4n) is 3.17. The van der Waals surface area contributed by atoms with Gasteiger partial charge in [-0.3, -0.25) is 14.9 Å². The molecule has 0 fully saturated rings. The second-order valence-corrected chi connectivity index (χ2v) is 6.72. The molecule has 0 aliphatic carbocycles. The summed E-state index contributed by atoms with van der Waals surface area (Å²) in [5.41, 5.74) is 2.29. The van der Waals surface area contributed by atoms with E-state index in [0.717, 1.165) is 11.1 Å². The van der Waals surface area contributed by atoms with Gasteiger partial charge in [-0.15, -0.1) is 0 Å². The van der Waals surface area contributed by atoms with Gasteiger partial charge in [0.25, 0.3) is 11.6 Å². The molecule has 0 atom stereocenters. The van der Waals surface area contributed by atoms with Gasteiger partial charge in [0.15, 0.2) is 0 Å². The molecule has 0 radical (unpaired) electrons. The van der Waals surface area contributed by atoms with Crippen molar-refractivity contribution in [2.24, 2.45) is 0 Å². The molecular formula is C25H18N2O4. The summed E-state index contributed by atoms with van der Waals surface area (Å²) in [6.45, 7) is 0. The first-order valence-corrected chi connectivity index (χ1v) is 9.59. The lowest BCUT2D eigenvalue weighted by Crippen LogP contribution is -2.13. The summed E-state index contributed by atoms with van der Waals surface area (Å²) in [7, 11) is 0. The second kappa shape index (κ2) is 8.92. The number of anilines is 1. The number of carbonyl (C=O) groups is 1. The van der Waals surface area contributed by atoms with Crippen LogP contribution in [0.25, 0.3) is 11.1 Å². The lowest BCUT2D eigenvalue weighted by Gasteiger charge is -2.12. The number of para-hydroxylation sites is 2. The van der Waals surface area contributed by atoms with Crippen LogP contribution in [0.3, 0.4) is 0 Å². The maximum atomic E-state index is 12.5. The van der Waals surface area contributed by atoms with Crippen molar-refractivity contribution < 1.29 is 14.5 Å². The molecule has 0 spiro atoms. The molecule has 0 unspecified atom stereocenters. The molecule has 0 saturated heterocycles. The first-order valence-electron chi connectivity index (χ1n) is 9.59. The molecule has 4 aromatic rings. The quantitative estimate of drug-likeness (QED) is 0.298. The van der Waals surface area contributed by atoms with Crippen molar-refractivity contribution in [2.45, 2.75) is 0 Å². The molecule has 0 heterocycles. The molecule has 6 heteroatoms. The van der Waals surface area contributed by atoms with Crippen LogP contribution in [0.15, 0.2) is 103 Å². The second-order valence-electron chi connectivity index (χ2n) is 6.72. The molecular weight excluding hydrogens is 392 g/mol. The molecule has 0 saturated carbocycles. The maximum absolute atomic E-state index is 12.5. The number of amides is 1. The molecule has 0 aliphatic rings. The van der Waals surface area contributed by atoms with E-state index in [9.17, 15) is 14.9 Å². The average Bonchev–Trinajstić information content (AvgIpc) is 2.81. The van der Waals surface area contributed by atoms with E-state index in [1.807, 2.05) is 54.6 Å². The summed E-state index contributed by atoms with van der Waals surface area (Å²) < 4.78 is 6.06. The Morgan fingerprint density at radius 2 is 1.42 bits per heavy atom. The van der Waals surface area contributed by atoms with E-state index < -0.39 is 10.8 Å². The fraction of sp³-hybridized carbons (Fsp3) is 0. The van der Waals surface area contributed by atoms with Gasteiger partial charge < -0.3 is 10.1 Å². The highest BCUT2D eigenvalue weighted by molar-refractivity contribution is 6.07. The summed E-state index contributed by atoms with van der Waals surface area (Å²) in [5, 5.41) is 13.8. The number of nitrogens with zero attached hydrogens (tertiary/aromatic N) is 1. The smallest absolute Gasteiger partial charge is 0.282 e. The molecule has 0 bridgehead atoms. The largest absolute Gasteiger partial charge is 0.457 e. The Balaban J connectivity index is 1.50. The Morgan fingerprint density at radius 1 is 0.774 bits per heavy atom. The third kappa shape index (κ3) is 4.59. The van der Waals surface area contributed by atoms with Gasteiger partial charge in [-0.2, -0.15) is 0 Å². The highest BCUT2D eigenvalue weighted by Gasteiger charge is 2.19. The fourth-order valence-corrected chi connectivity index (χ4v) is 3.17. The van der Waals surface area contributed by atoms with Crippen molar-refractivity contribution in [1.29, 1.82) is 0 Å². The van der Waals surface area contributed by atoms with Crippen LogP contribution in [0.5, 0.6) is 11.5 Å². The van der Waals surface area contributed by atoms with Crippen LogP contribution in [-0.4, -0.2) is 10.8 Å². The van der Waals surface area contributed by atoms with Gasteiger partial charge in [0.05, 0.1) is 4.92 Å². The minimum absolute atomic E-state index is 0.00427. The van der Waals surface area contributed by atoms with E-state index in [1.54, 1.807) is 30.3 Å². The Hall–Kier alpha value is -4.45. The molecule has 31 heavy (non-hydrogen) atoms. The van der Waals surface area contributed by atoms with Crippen LogP contribution >= 0.6 is 0 Å². The minimum Gasteiger partial charge on any atom is -0.457 e. The van der Waals surface area contributed by atoms with Crippen molar-refractivity contribution in [3.05, 3.63) is 119 Å². The lowest BCUT2D eigenvalue weighted by molar-refractivity contribution is -0.385. The zero-order valence-electron chi connectivity index (χ0n) is 16.4. The SMILES string of the molecule is O=C(Nc1ccc(Oc2ccccc2-c2ccccc2)cc1)c1ccccc1[N+](=O)[O-]. The number of carbonyl (C=O) groups excluding carboxylic acids is 1. The van der Waals surface area contributed by atoms with Gasteiger partial charge in [0.2, 0.25) is 0 Å². The summed E-state index contributed by atoms with van der Waals surface area (Å²) in [5.74, 6) is 0.771. The van der Waals surface area contributed by atoms with E-state index in [2.05, 4.69) is 5.32 Å². The molecule has 6 nitrogen and oxygen atoms in total. The number of nitrogens with one attached hydrogen (secondary N) is 1. The first-order chi connectivity index (χ1) is 15.1. The van der Waals surface area contributed by atoms with Crippen LogP contribution in [0.1, 0.15) is 10.4 Å². The van der Waals surface area contributed by atoms with E-state index in [4.69, 9.17) is 4.74 Å². The van der Waals surface area contributed by atoms with Crippen LogP contribution in [-0.2, 0) is 0 Å². The number of benzene rings is 4. The molecule has 152 valence electrons. The van der Waals surface area contributed by atoms with E-state index in [0.29, 0.717) is 17.2 Å². The van der Waals surface area contributed by atoms with Gasteiger partial charge in [0.1, 0.15) is 17.1 Å². The van der Waals surface area contributed by atoms with E-state index in [-0.39, 0.29) is 11.3 Å². The van der Waals surface area contributed by atoms with Gasteiger partial charge >= 0.3 is 0 Å². The van der Waals surface area contributed by atoms with Crippen LogP contribution in [0.4, 0.5) is 11.4 Å². The van der Waals surface area contributed by atoms with Crippen molar-refractivity contribution in [3.8, 4) is 22.6 Å². The Labute approximate surface area is 178 Å². The zero-order valence-corrected chi connectivity index (χ0v) is 16.4. The highest BCUT2D eigenvalue weighted by Crippen LogP contribution is 2.33. The highest BCUT2D eigenvalue weighted by atomic mass is 16.6. The molecule has 1 N–H and O–H groups in total. The van der Waals surface area contributed by atoms with E-state index >= 15 is 0 Å². The molecule has 4 aromatic carbocycles.